The highest BCUT2D eigenvalue weighted by Gasteiger charge is 2.52. The van der Waals surface area contributed by atoms with Gasteiger partial charge in [-0.25, -0.2) is 4.98 Å². The number of piperazine rings is 1. The molecule has 40 heavy (non-hydrogen) atoms. The summed E-state index contributed by atoms with van der Waals surface area (Å²) >= 11 is 1.64. The Hall–Kier alpha value is -2.82. The molecule has 3 saturated heterocycles. The Bertz CT molecular complexity index is 1230. The predicted octanol–water partition coefficient (Wildman–Crippen LogP) is 3.30. The number of likely N-dealkylation sites (tertiary alicyclic amines) is 1. The molecular formula is C30H41N5O4S. The average Bonchev–Trinajstić information content (AvgIpc) is 3.65. The van der Waals surface area contributed by atoms with Gasteiger partial charge >= 0.3 is 0 Å². The van der Waals surface area contributed by atoms with Crippen LogP contribution in [0.5, 0.6) is 0 Å². The van der Waals surface area contributed by atoms with E-state index in [9.17, 15) is 14.4 Å². The number of ether oxygens (including phenoxy) is 1. The highest BCUT2D eigenvalue weighted by atomic mass is 32.1. The van der Waals surface area contributed by atoms with Crippen molar-refractivity contribution in [3.05, 3.63) is 35.2 Å². The van der Waals surface area contributed by atoms with Gasteiger partial charge in [-0.15, -0.1) is 11.3 Å². The van der Waals surface area contributed by atoms with E-state index >= 15 is 0 Å². The summed E-state index contributed by atoms with van der Waals surface area (Å²) < 4.78 is 5.75. The van der Waals surface area contributed by atoms with E-state index in [4.69, 9.17) is 9.72 Å². The second-order valence-electron chi connectivity index (χ2n) is 12.5. The molecule has 1 aromatic carbocycles. The second kappa shape index (κ2) is 11.6. The van der Waals surface area contributed by atoms with Crippen LogP contribution in [-0.4, -0.2) is 96.9 Å². The van der Waals surface area contributed by atoms with Crippen LogP contribution in [0.3, 0.4) is 0 Å². The van der Waals surface area contributed by atoms with Gasteiger partial charge < -0.3 is 24.8 Å². The number of carbonyl (C=O) groups is 3. The molecule has 3 aliphatic heterocycles. The van der Waals surface area contributed by atoms with Gasteiger partial charge in [-0.1, -0.05) is 39.8 Å². The van der Waals surface area contributed by atoms with Crippen molar-refractivity contribution >= 4 is 34.1 Å². The molecule has 0 unspecified atom stereocenters. The molecule has 3 aliphatic rings. The average molecular weight is 568 g/mol. The first-order chi connectivity index (χ1) is 19.0. The molecule has 0 saturated carbocycles. The lowest BCUT2D eigenvalue weighted by molar-refractivity contribution is -0.138. The molecule has 0 radical (unpaired) electrons. The third-order valence-corrected chi connectivity index (χ3v) is 9.13. The molecule has 3 fully saturated rings. The Morgan fingerprint density at radius 2 is 1.85 bits per heavy atom. The first-order valence-corrected chi connectivity index (χ1v) is 15.2. The Kier molecular flexibility index (Phi) is 8.31. The number of ketones is 1. The number of nitrogens with zero attached hydrogens (tertiary/aromatic N) is 4. The molecule has 0 aliphatic carbocycles. The van der Waals surface area contributed by atoms with Crippen LogP contribution < -0.4 is 10.2 Å². The van der Waals surface area contributed by atoms with Crippen LogP contribution in [-0.2, 0) is 14.3 Å². The van der Waals surface area contributed by atoms with Crippen molar-refractivity contribution in [2.24, 2.45) is 11.3 Å². The number of nitrogens with one attached hydrogen (secondary N) is 1. The van der Waals surface area contributed by atoms with Crippen LogP contribution >= 0.6 is 11.3 Å². The summed E-state index contributed by atoms with van der Waals surface area (Å²) in [6, 6.07) is 6.09. The number of carbonyl (C=O) groups excluding carboxylic acids is 3. The van der Waals surface area contributed by atoms with Crippen LogP contribution in [0.1, 0.15) is 50.9 Å². The van der Waals surface area contributed by atoms with E-state index < -0.39 is 12.1 Å². The van der Waals surface area contributed by atoms with Crippen LogP contribution in [0, 0.1) is 11.3 Å². The number of amides is 2. The third kappa shape index (κ3) is 6.09. The fraction of sp³-hybridized carbons (Fsp3) is 0.600. The summed E-state index contributed by atoms with van der Waals surface area (Å²) in [5.41, 5.74) is 2.12. The van der Waals surface area contributed by atoms with E-state index in [-0.39, 0.29) is 41.6 Å². The Morgan fingerprint density at radius 3 is 2.50 bits per heavy atom. The minimum Gasteiger partial charge on any atom is -0.367 e. The summed E-state index contributed by atoms with van der Waals surface area (Å²) in [6.45, 7) is 12.7. The molecule has 10 heteroatoms. The van der Waals surface area contributed by atoms with E-state index in [0.29, 0.717) is 18.5 Å². The molecule has 0 bridgehead atoms. The topological polar surface area (TPSA) is 95.1 Å². The van der Waals surface area contributed by atoms with E-state index in [1.54, 1.807) is 28.4 Å². The summed E-state index contributed by atoms with van der Waals surface area (Å²) in [6.07, 6.45) is 1.04. The number of rotatable bonds is 7. The predicted molar refractivity (Wildman–Crippen MR) is 157 cm³/mol. The maximum absolute atomic E-state index is 13.8. The second-order valence-corrected chi connectivity index (χ2v) is 13.4. The minimum atomic E-state index is -0.735. The zero-order valence-electron chi connectivity index (χ0n) is 24.2. The SMILES string of the molecule is CC[C@H]1CN(C(=O)[C@H](CC(C)(C)C)NC(=O)c2ccc(-c3csc(N4CCN(C)CC4)n3)cc2)[C@@H]2C(=O)CO[C@H]12. The standard InChI is InChI=1S/C30H41N5O4S/c1-6-19-16-35(25-24(36)17-39-26(19)25)28(38)22(15-30(2,3)4)31-27(37)21-9-7-20(8-10-21)23-18-40-29(32-23)34-13-11-33(5)12-14-34/h7-10,18-19,22,25-26H,6,11-17H2,1-5H3,(H,31,37)/t19-,22-,25+,26+/m0/s1. The van der Waals surface area contributed by atoms with Gasteiger partial charge in [0.1, 0.15) is 18.7 Å². The van der Waals surface area contributed by atoms with E-state index in [1.165, 1.54) is 0 Å². The van der Waals surface area contributed by atoms with Gasteiger partial charge in [0.2, 0.25) is 5.91 Å². The van der Waals surface area contributed by atoms with Gasteiger partial charge in [0, 0.05) is 55.1 Å². The van der Waals surface area contributed by atoms with Crippen molar-refractivity contribution in [3.63, 3.8) is 0 Å². The fourth-order valence-electron chi connectivity index (χ4n) is 5.93. The van der Waals surface area contributed by atoms with Crippen molar-refractivity contribution in [3.8, 4) is 11.3 Å². The molecule has 9 nitrogen and oxygen atoms in total. The number of fused-ring (bicyclic) bond motifs is 1. The Labute approximate surface area is 240 Å². The molecule has 4 atom stereocenters. The first kappa shape index (κ1) is 28.7. The van der Waals surface area contributed by atoms with Gasteiger partial charge in [0.05, 0.1) is 11.8 Å². The summed E-state index contributed by atoms with van der Waals surface area (Å²) in [5, 5.41) is 6.08. The summed E-state index contributed by atoms with van der Waals surface area (Å²) in [5.74, 6) is -0.434. The number of hydrogen-bond donors (Lipinski definition) is 1. The van der Waals surface area contributed by atoms with E-state index in [2.05, 4.69) is 34.5 Å². The van der Waals surface area contributed by atoms with Crippen molar-refractivity contribution in [1.29, 1.82) is 0 Å². The highest BCUT2D eigenvalue weighted by Crippen LogP contribution is 2.35. The van der Waals surface area contributed by atoms with Crippen LogP contribution in [0.25, 0.3) is 11.3 Å². The maximum atomic E-state index is 13.8. The third-order valence-electron chi connectivity index (χ3n) is 8.23. The normalized spacial score (nSPS) is 24.3. The number of Topliss-reactive ketones (excluding diaryl/α,β-unsaturated/α-hetero) is 1. The van der Waals surface area contributed by atoms with Gasteiger partial charge in [0.15, 0.2) is 10.9 Å². The molecule has 2 amide bonds. The van der Waals surface area contributed by atoms with Crippen LogP contribution in [0.2, 0.25) is 0 Å². The highest BCUT2D eigenvalue weighted by molar-refractivity contribution is 7.14. The van der Waals surface area contributed by atoms with Gasteiger partial charge in [-0.05, 0) is 37.4 Å². The minimum absolute atomic E-state index is 0.0497. The number of anilines is 1. The molecule has 5 rings (SSSR count). The number of aromatic nitrogens is 1. The quantitative estimate of drug-likeness (QED) is 0.549. The molecule has 2 aromatic rings. The molecule has 1 aromatic heterocycles. The lowest BCUT2D eigenvalue weighted by Crippen LogP contribution is -2.53. The first-order valence-electron chi connectivity index (χ1n) is 14.3. The zero-order chi connectivity index (χ0) is 28.6. The molecule has 1 N–H and O–H groups in total. The van der Waals surface area contributed by atoms with Crippen LogP contribution in [0.15, 0.2) is 29.6 Å². The summed E-state index contributed by atoms with van der Waals surface area (Å²) in [4.78, 5) is 50.9. The number of hydrogen-bond acceptors (Lipinski definition) is 8. The van der Waals surface area contributed by atoms with Crippen molar-refractivity contribution in [2.45, 2.75) is 58.7 Å². The molecule has 4 heterocycles. The van der Waals surface area contributed by atoms with E-state index in [1.807, 2.05) is 32.9 Å². The van der Waals surface area contributed by atoms with Crippen molar-refractivity contribution in [2.75, 3.05) is 51.3 Å². The van der Waals surface area contributed by atoms with Crippen LogP contribution in [0.4, 0.5) is 5.13 Å². The number of likely N-dealkylation sites (N-methyl/N-ethyl adjacent to an activating group) is 1. The molecule has 216 valence electrons. The summed E-state index contributed by atoms with van der Waals surface area (Å²) in [7, 11) is 2.14. The van der Waals surface area contributed by atoms with Gasteiger partial charge in [-0.2, -0.15) is 0 Å². The number of thiazole rings is 1. The monoisotopic (exact) mass is 567 g/mol. The zero-order valence-corrected chi connectivity index (χ0v) is 25.0. The van der Waals surface area contributed by atoms with Gasteiger partial charge in [0.25, 0.3) is 5.91 Å². The molecular weight excluding hydrogens is 526 g/mol. The van der Waals surface area contributed by atoms with Crippen molar-refractivity contribution < 1.29 is 19.1 Å². The van der Waals surface area contributed by atoms with Gasteiger partial charge in [-0.3, -0.25) is 14.4 Å². The Balaban J connectivity index is 1.28. The fourth-order valence-corrected chi connectivity index (χ4v) is 6.82. The van der Waals surface area contributed by atoms with E-state index in [0.717, 1.165) is 49.0 Å². The Morgan fingerprint density at radius 1 is 1.15 bits per heavy atom. The number of benzene rings is 1. The lowest BCUT2D eigenvalue weighted by atomic mass is 9.87. The lowest BCUT2D eigenvalue weighted by Gasteiger charge is -2.32. The maximum Gasteiger partial charge on any atom is 0.251 e. The smallest absolute Gasteiger partial charge is 0.251 e. The molecule has 0 spiro atoms. The van der Waals surface area contributed by atoms with Crippen molar-refractivity contribution in [1.82, 2.24) is 20.1 Å². The largest absolute Gasteiger partial charge is 0.367 e.